The van der Waals surface area contributed by atoms with Gasteiger partial charge in [-0.3, -0.25) is 0 Å². The van der Waals surface area contributed by atoms with Crippen LogP contribution in [0.5, 0.6) is 0 Å². The van der Waals surface area contributed by atoms with Crippen molar-refractivity contribution < 1.29 is 13.9 Å². The smallest absolute Gasteiger partial charge is 0.279 e. The van der Waals surface area contributed by atoms with Gasteiger partial charge in [0, 0.05) is 19.2 Å². The van der Waals surface area contributed by atoms with Crippen LogP contribution in [0.2, 0.25) is 0 Å². The number of pyridine rings is 1. The molecule has 0 atom stereocenters. The molecule has 80 valence electrons. The zero-order valence-corrected chi connectivity index (χ0v) is 7.90. The Kier molecular flexibility index (Phi) is 2.40. The predicted molar refractivity (Wildman–Crippen MR) is 50.8 cm³/mol. The summed E-state index contributed by atoms with van der Waals surface area (Å²) >= 11 is 0. The largest absolute Gasteiger partial charge is 0.396 e. The Morgan fingerprint density at radius 3 is 2.93 bits per heavy atom. The third kappa shape index (κ3) is 1.70. The lowest BCUT2D eigenvalue weighted by atomic mass is 10.1. The maximum Gasteiger partial charge on any atom is 0.279 e. The highest BCUT2D eigenvalue weighted by molar-refractivity contribution is 5.55. The van der Waals surface area contributed by atoms with E-state index in [2.05, 4.69) is 5.10 Å². The van der Waals surface area contributed by atoms with E-state index in [1.807, 2.05) is 0 Å². The summed E-state index contributed by atoms with van der Waals surface area (Å²) in [6, 6.07) is 4.97. The molecule has 0 radical (unpaired) electrons. The lowest BCUT2D eigenvalue weighted by Crippen LogP contribution is -2.14. The van der Waals surface area contributed by atoms with Gasteiger partial charge in [-0.15, -0.1) is 0 Å². The van der Waals surface area contributed by atoms with Crippen molar-refractivity contribution in [2.75, 3.05) is 6.61 Å². The Balaban J connectivity index is 2.52. The maximum atomic E-state index is 13.5. The van der Waals surface area contributed by atoms with Crippen LogP contribution in [0, 0.1) is 0 Å². The molecule has 2 rings (SSSR count). The first kappa shape index (κ1) is 10.0. The summed E-state index contributed by atoms with van der Waals surface area (Å²) in [7, 11) is 0. The van der Waals surface area contributed by atoms with Crippen LogP contribution in [0.15, 0.2) is 30.6 Å². The third-order valence-electron chi connectivity index (χ3n) is 2.25. The summed E-state index contributed by atoms with van der Waals surface area (Å²) in [5.74, 6) is -3.03. The van der Waals surface area contributed by atoms with Crippen LogP contribution >= 0.6 is 0 Å². The summed E-state index contributed by atoms with van der Waals surface area (Å²) in [5, 5.41) is 12.4. The molecule has 2 aromatic heterocycles. The monoisotopic (exact) mass is 212 g/mol. The highest BCUT2D eigenvalue weighted by atomic mass is 19.3. The standard InChI is InChI=1S/C10H10F2N2O/c11-10(12,4-6-15)8-7-13-14-5-2-1-3-9(8)14/h1-3,5,7,15H,4,6H2. The van der Waals surface area contributed by atoms with E-state index in [4.69, 9.17) is 5.11 Å². The fourth-order valence-electron chi connectivity index (χ4n) is 1.49. The first-order valence-corrected chi connectivity index (χ1v) is 4.57. The molecule has 5 heteroatoms. The Morgan fingerprint density at radius 1 is 1.40 bits per heavy atom. The summed E-state index contributed by atoms with van der Waals surface area (Å²) in [4.78, 5) is 0. The molecular formula is C10H10F2N2O. The minimum absolute atomic E-state index is 0.142. The van der Waals surface area contributed by atoms with Gasteiger partial charge >= 0.3 is 0 Å². The fourth-order valence-corrected chi connectivity index (χ4v) is 1.49. The van der Waals surface area contributed by atoms with Gasteiger partial charge in [-0.2, -0.15) is 5.10 Å². The summed E-state index contributed by atoms with van der Waals surface area (Å²) in [6.07, 6.45) is 2.17. The van der Waals surface area contributed by atoms with Crippen LogP contribution in [0.25, 0.3) is 5.52 Å². The third-order valence-corrected chi connectivity index (χ3v) is 2.25. The van der Waals surface area contributed by atoms with Gasteiger partial charge in [0.05, 0.1) is 17.3 Å². The van der Waals surface area contributed by atoms with E-state index in [0.717, 1.165) is 6.20 Å². The van der Waals surface area contributed by atoms with Crippen molar-refractivity contribution in [2.24, 2.45) is 0 Å². The number of aliphatic hydroxyl groups is 1. The van der Waals surface area contributed by atoms with Gasteiger partial charge in [0.15, 0.2) is 0 Å². The van der Waals surface area contributed by atoms with Gasteiger partial charge in [-0.05, 0) is 12.1 Å². The number of aromatic nitrogens is 2. The van der Waals surface area contributed by atoms with Crippen molar-refractivity contribution in [1.82, 2.24) is 9.61 Å². The van der Waals surface area contributed by atoms with Gasteiger partial charge in [0.25, 0.3) is 5.92 Å². The van der Waals surface area contributed by atoms with Crippen LogP contribution in [0.4, 0.5) is 8.78 Å². The number of aliphatic hydroxyl groups excluding tert-OH is 1. The first-order chi connectivity index (χ1) is 7.15. The molecule has 0 spiro atoms. The molecule has 2 aromatic rings. The summed E-state index contributed by atoms with van der Waals surface area (Å²) < 4.78 is 28.4. The molecular weight excluding hydrogens is 202 g/mol. The van der Waals surface area contributed by atoms with Crippen LogP contribution in [0.1, 0.15) is 12.0 Å². The van der Waals surface area contributed by atoms with Crippen molar-refractivity contribution in [1.29, 1.82) is 0 Å². The predicted octanol–water partition coefficient (Wildman–Crippen LogP) is 1.81. The molecule has 0 amide bonds. The lowest BCUT2D eigenvalue weighted by Gasteiger charge is -2.13. The second kappa shape index (κ2) is 3.58. The molecule has 0 saturated carbocycles. The SMILES string of the molecule is OCCC(F)(F)c1cnn2ccccc12. The quantitative estimate of drug-likeness (QED) is 0.842. The average molecular weight is 212 g/mol. The molecule has 0 aromatic carbocycles. The highest BCUT2D eigenvalue weighted by Crippen LogP contribution is 2.33. The van der Waals surface area contributed by atoms with Crippen LogP contribution in [-0.4, -0.2) is 21.3 Å². The molecule has 3 nitrogen and oxygen atoms in total. The van der Waals surface area contributed by atoms with E-state index in [0.29, 0.717) is 5.52 Å². The van der Waals surface area contributed by atoms with E-state index in [1.165, 1.54) is 4.52 Å². The maximum absolute atomic E-state index is 13.5. The van der Waals surface area contributed by atoms with Gasteiger partial charge in [0.1, 0.15) is 0 Å². The molecule has 0 aliphatic rings. The van der Waals surface area contributed by atoms with Crippen molar-refractivity contribution >= 4 is 5.52 Å². The highest BCUT2D eigenvalue weighted by Gasteiger charge is 2.33. The molecule has 2 heterocycles. The second-order valence-electron chi connectivity index (χ2n) is 3.27. The Labute approximate surface area is 85.0 Å². The molecule has 0 unspecified atom stereocenters. The molecule has 0 bridgehead atoms. The average Bonchev–Trinajstić information content (AvgIpc) is 2.61. The topological polar surface area (TPSA) is 37.5 Å². The summed E-state index contributed by atoms with van der Waals surface area (Å²) in [5.41, 5.74) is 0.230. The zero-order valence-electron chi connectivity index (χ0n) is 7.90. The van der Waals surface area contributed by atoms with Crippen LogP contribution in [-0.2, 0) is 5.92 Å². The van der Waals surface area contributed by atoms with E-state index in [-0.39, 0.29) is 5.56 Å². The molecule has 15 heavy (non-hydrogen) atoms. The minimum atomic E-state index is -3.03. The second-order valence-corrected chi connectivity index (χ2v) is 3.27. The molecule has 0 aliphatic carbocycles. The molecule has 0 aliphatic heterocycles. The van der Waals surface area contributed by atoms with Crippen molar-refractivity contribution in [3.8, 4) is 0 Å². The first-order valence-electron chi connectivity index (χ1n) is 4.57. The van der Waals surface area contributed by atoms with Crippen molar-refractivity contribution in [2.45, 2.75) is 12.3 Å². The number of rotatable bonds is 3. The van der Waals surface area contributed by atoms with Crippen LogP contribution < -0.4 is 0 Å². The van der Waals surface area contributed by atoms with E-state index in [1.54, 1.807) is 24.4 Å². The van der Waals surface area contributed by atoms with E-state index >= 15 is 0 Å². The van der Waals surface area contributed by atoms with Gasteiger partial charge < -0.3 is 5.11 Å². The number of nitrogens with zero attached hydrogens (tertiary/aromatic N) is 2. The number of halogens is 2. The van der Waals surface area contributed by atoms with Crippen molar-refractivity contribution in [3.05, 3.63) is 36.2 Å². The Bertz CT molecular complexity index is 467. The minimum Gasteiger partial charge on any atom is -0.396 e. The number of fused-ring (bicyclic) bond motifs is 1. The van der Waals surface area contributed by atoms with Gasteiger partial charge in [0.2, 0.25) is 0 Å². The molecule has 0 saturated heterocycles. The fraction of sp³-hybridized carbons (Fsp3) is 0.300. The van der Waals surface area contributed by atoms with Crippen molar-refractivity contribution in [3.63, 3.8) is 0 Å². The van der Waals surface area contributed by atoms with Gasteiger partial charge in [-0.25, -0.2) is 13.3 Å². The van der Waals surface area contributed by atoms with Crippen LogP contribution in [0.3, 0.4) is 0 Å². The van der Waals surface area contributed by atoms with E-state index in [9.17, 15) is 8.78 Å². The number of alkyl halides is 2. The number of hydrogen-bond donors (Lipinski definition) is 1. The molecule has 0 fully saturated rings. The lowest BCUT2D eigenvalue weighted by molar-refractivity contribution is -0.0256. The Hall–Kier alpha value is -1.49. The normalized spacial score (nSPS) is 12.2. The zero-order chi connectivity index (χ0) is 10.9. The number of hydrogen-bond acceptors (Lipinski definition) is 2. The van der Waals surface area contributed by atoms with E-state index < -0.39 is 19.0 Å². The van der Waals surface area contributed by atoms with Gasteiger partial charge in [-0.1, -0.05) is 6.07 Å². The summed E-state index contributed by atoms with van der Waals surface area (Å²) in [6.45, 7) is -0.544. The Morgan fingerprint density at radius 2 is 2.20 bits per heavy atom. The molecule has 1 N–H and O–H groups in total.